The second kappa shape index (κ2) is 4.88. The van der Waals surface area contributed by atoms with E-state index in [1.54, 1.807) is 24.3 Å². The van der Waals surface area contributed by atoms with Crippen LogP contribution in [0.15, 0.2) is 42.5 Å². The van der Waals surface area contributed by atoms with Crippen molar-refractivity contribution in [3.63, 3.8) is 0 Å². The molecule has 2 heteroatoms. The first-order chi connectivity index (χ1) is 7.41. The summed E-state index contributed by atoms with van der Waals surface area (Å²) in [6.45, 7) is 5.48. The van der Waals surface area contributed by atoms with Crippen molar-refractivity contribution < 1.29 is 9.59 Å². The summed E-state index contributed by atoms with van der Waals surface area (Å²) in [5.41, 5.74) is 0.161. The third kappa shape index (κ3) is 3.46. The zero-order chi connectivity index (χ0) is 12.2. The number of ketones is 2. The first-order valence-electron chi connectivity index (χ1n) is 5.23. The monoisotopic (exact) mass is 216 g/mol. The summed E-state index contributed by atoms with van der Waals surface area (Å²) in [6.07, 6.45) is 2.69. The number of hydrogen-bond acceptors (Lipinski definition) is 2. The molecule has 0 bridgehead atoms. The number of carbonyl (C=O) groups is 2. The van der Waals surface area contributed by atoms with E-state index < -0.39 is 5.41 Å². The second-order valence-electron chi connectivity index (χ2n) is 4.68. The van der Waals surface area contributed by atoms with Crippen molar-refractivity contribution in [2.75, 3.05) is 0 Å². The van der Waals surface area contributed by atoms with Gasteiger partial charge in [0.25, 0.3) is 0 Å². The average Bonchev–Trinajstić information content (AvgIpc) is 2.25. The molecule has 0 aliphatic rings. The molecule has 0 unspecified atom stereocenters. The van der Waals surface area contributed by atoms with Gasteiger partial charge in [-0.1, -0.05) is 51.1 Å². The molecule has 0 amide bonds. The maximum absolute atomic E-state index is 11.6. The fourth-order valence-electron chi connectivity index (χ4n) is 1.10. The highest BCUT2D eigenvalue weighted by molar-refractivity contribution is 6.08. The van der Waals surface area contributed by atoms with Gasteiger partial charge in [-0.15, -0.1) is 0 Å². The Morgan fingerprint density at radius 1 is 1.00 bits per heavy atom. The Hall–Kier alpha value is -1.70. The van der Waals surface area contributed by atoms with Crippen molar-refractivity contribution >= 4 is 11.6 Å². The Labute approximate surface area is 96.0 Å². The summed E-state index contributed by atoms with van der Waals surface area (Å²) in [4.78, 5) is 23.2. The van der Waals surface area contributed by atoms with Crippen LogP contribution in [0.4, 0.5) is 0 Å². The summed E-state index contributed by atoms with van der Waals surface area (Å²) in [6, 6.07) is 8.91. The first-order valence-corrected chi connectivity index (χ1v) is 5.23. The van der Waals surface area contributed by atoms with Crippen molar-refractivity contribution in [3.8, 4) is 0 Å². The van der Waals surface area contributed by atoms with Gasteiger partial charge < -0.3 is 0 Å². The molecule has 0 aliphatic carbocycles. The van der Waals surface area contributed by atoms with Crippen LogP contribution in [0.25, 0.3) is 0 Å². The minimum atomic E-state index is -0.437. The molecule has 16 heavy (non-hydrogen) atoms. The summed E-state index contributed by atoms with van der Waals surface area (Å²) in [7, 11) is 0. The molecule has 0 radical (unpaired) electrons. The van der Waals surface area contributed by atoms with Crippen LogP contribution in [0.3, 0.4) is 0 Å². The van der Waals surface area contributed by atoms with Crippen LogP contribution in [0.1, 0.15) is 31.1 Å². The van der Waals surface area contributed by atoms with Gasteiger partial charge in [-0.05, 0) is 12.2 Å². The molecule has 2 nitrogen and oxygen atoms in total. The quantitative estimate of drug-likeness (QED) is 0.575. The molecule has 1 aromatic rings. The van der Waals surface area contributed by atoms with Gasteiger partial charge in [0, 0.05) is 11.0 Å². The minimum Gasteiger partial charge on any atom is -0.294 e. The van der Waals surface area contributed by atoms with E-state index >= 15 is 0 Å². The summed E-state index contributed by atoms with van der Waals surface area (Å²) in [5, 5.41) is 0. The normalized spacial score (nSPS) is 11.7. The molecule has 0 aliphatic heterocycles. The zero-order valence-corrected chi connectivity index (χ0v) is 9.86. The predicted molar refractivity (Wildman–Crippen MR) is 64.4 cm³/mol. The van der Waals surface area contributed by atoms with Gasteiger partial charge in [-0.25, -0.2) is 0 Å². The van der Waals surface area contributed by atoms with Gasteiger partial charge in [0.15, 0.2) is 11.6 Å². The Morgan fingerprint density at radius 2 is 1.56 bits per heavy atom. The lowest BCUT2D eigenvalue weighted by molar-refractivity contribution is -0.121. The van der Waals surface area contributed by atoms with Gasteiger partial charge in [0.2, 0.25) is 0 Å². The molecule has 0 aromatic heterocycles. The van der Waals surface area contributed by atoms with E-state index in [1.807, 2.05) is 26.8 Å². The van der Waals surface area contributed by atoms with Gasteiger partial charge in [0.1, 0.15) is 0 Å². The Morgan fingerprint density at radius 3 is 2.06 bits per heavy atom. The van der Waals surface area contributed by atoms with E-state index in [4.69, 9.17) is 0 Å². The fraction of sp³-hybridized carbons (Fsp3) is 0.286. The highest BCUT2D eigenvalue weighted by atomic mass is 16.1. The first kappa shape index (κ1) is 12.4. The molecule has 0 fully saturated rings. The maximum Gasteiger partial charge on any atom is 0.185 e. The molecule has 84 valence electrons. The van der Waals surface area contributed by atoms with Crippen LogP contribution in [0.2, 0.25) is 0 Å². The van der Waals surface area contributed by atoms with Crippen LogP contribution in [-0.4, -0.2) is 11.6 Å². The van der Waals surface area contributed by atoms with Crippen LogP contribution in [-0.2, 0) is 4.79 Å². The van der Waals surface area contributed by atoms with Crippen LogP contribution in [0.5, 0.6) is 0 Å². The van der Waals surface area contributed by atoms with Crippen molar-refractivity contribution in [1.29, 1.82) is 0 Å². The summed E-state index contributed by atoms with van der Waals surface area (Å²) < 4.78 is 0. The van der Waals surface area contributed by atoms with E-state index in [9.17, 15) is 9.59 Å². The number of benzene rings is 1. The van der Waals surface area contributed by atoms with Gasteiger partial charge in [-0.3, -0.25) is 9.59 Å². The van der Waals surface area contributed by atoms with Gasteiger partial charge >= 0.3 is 0 Å². The third-order valence-corrected chi connectivity index (χ3v) is 2.18. The topological polar surface area (TPSA) is 34.1 Å². The van der Waals surface area contributed by atoms with Gasteiger partial charge in [-0.2, -0.15) is 0 Å². The standard InChI is InChI=1S/C14H16O2/c1-14(2,3)13(16)10-9-12(15)11-7-5-4-6-8-11/h4-10H,1-3H3/b10-9+. The number of hydrogen-bond donors (Lipinski definition) is 0. The van der Waals surface area contributed by atoms with E-state index in [0.717, 1.165) is 0 Å². The van der Waals surface area contributed by atoms with E-state index in [0.29, 0.717) is 5.56 Å². The lowest BCUT2D eigenvalue weighted by atomic mass is 9.90. The Kier molecular flexibility index (Phi) is 3.78. The maximum atomic E-state index is 11.6. The van der Waals surface area contributed by atoms with Crippen LogP contribution < -0.4 is 0 Å². The molecular weight excluding hydrogens is 200 g/mol. The van der Waals surface area contributed by atoms with E-state index in [-0.39, 0.29) is 11.6 Å². The molecule has 0 saturated heterocycles. The number of rotatable bonds is 3. The van der Waals surface area contributed by atoms with Crippen molar-refractivity contribution in [2.24, 2.45) is 5.41 Å². The molecule has 0 heterocycles. The molecule has 0 N–H and O–H groups in total. The average molecular weight is 216 g/mol. The smallest absolute Gasteiger partial charge is 0.185 e. The molecule has 0 spiro atoms. The molecule has 0 saturated carbocycles. The summed E-state index contributed by atoms with van der Waals surface area (Å²) >= 11 is 0. The van der Waals surface area contributed by atoms with E-state index in [1.165, 1.54) is 12.2 Å². The Bertz CT molecular complexity index is 408. The predicted octanol–water partition coefficient (Wildman–Crippen LogP) is 3.04. The molecule has 1 rings (SSSR count). The third-order valence-electron chi connectivity index (χ3n) is 2.18. The van der Waals surface area contributed by atoms with Crippen LogP contribution >= 0.6 is 0 Å². The molecule has 1 aromatic carbocycles. The van der Waals surface area contributed by atoms with Crippen molar-refractivity contribution in [3.05, 3.63) is 48.0 Å². The van der Waals surface area contributed by atoms with E-state index in [2.05, 4.69) is 0 Å². The minimum absolute atomic E-state index is 0.0446. The lowest BCUT2D eigenvalue weighted by Crippen LogP contribution is -2.17. The highest BCUT2D eigenvalue weighted by Gasteiger charge is 2.18. The molecule has 0 atom stereocenters. The SMILES string of the molecule is CC(C)(C)C(=O)/C=C/C(=O)c1ccccc1. The Balaban J connectivity index is 2.73. The van der Waals surface area contributed by atoms with Crippen LogP contribution in [0, 0.1) is 5.41 Å². The van der Waals surface area contributed by atoms with Crippen molar-refractivity contribution in [2.45, 2.75) is 20.8 Å². The lowest BCUT2D eigenvalue weighted by Gasteiger charge is -2.12. The zero-order valence-electron chi connectivity index (χ0n) is 9.86. The molecular formula is C14H16O2. The number of carbonyl (C=O) groups excluding carboxylic acids is 2. The highest BCUT2D eigenvalue weighted by Crippen LogP contribution is 2.15. The largest absolute Gasteiger partial charge is 0.294 e. The number of allylic oxidation sites excluding steroid dienone is 2. The second-order valence-corrected chi connectivity index (χ2v) is 4.68. The fourth-order valence-corrected chi connectivity index (χ4v) is 1.10. The van der Waals surface area contributed by atoms with Gasteiger partial charge in [0.05, 0.1) is 0 Å². The summed E-state index contributed by atoms with van der Waals surface area (Å²) in [5.74, 6) is -0.185. The van der Waals surface area contributed by atoms with Crippen molar-refractivity contribution in [1.82, 2.24) is 0 Å².